The van der Waals surface area contributed by atoms with E-state index in [1.54, 1.807) is 6.07 Å². The van der Waals surface area contributed by atoms with Crippen LogP contribution in [-0.2, 0) is 16.1 Å². The number of esters is 1. The van der Waals surface area contributed by atoms with Crippen LogP contribution in [0.2, 0.25) is 0 Å². The van der Waals surface area contributed by atoms with E-state index in [4.69, 9.17) is 14.2 Å². The molecule has 4 rings (SSSR count). The fraction of sp³-hybridized carbons (Fsp3) is 0.407. The van der Waals surface area contributed by atoms with Gasteiger partial charge in [-0.05, 0) is 55.6 Å². The van der Waals surface area contributed by atoms with Gasteiger partial charge in [0.05, 0.1) is 26.4 Å². The Morgan fingerprint density at radius 2 is 1.92 bits per heavy atom. The van der Waals surface area contributed by atoms with Crippen LogP contribution in [0.5, 0.6) is 5.88 Å². The first-order valence-corrected chi connectivity index (χ1v) is 12.3. The molecule has 9 nitrogen and oxygen atoms in total. The number of fused-ring (bicyclic) bond motifs is 1. The summed E-state index contributed by atoms with van der Waals surface area (Å²) in [6.07, 6.45) is 1.02. The van der Waals surface area contributed by atoms with Gasteiger partial charge in [-0.2, -0.15) is 0 Å². The monoisotopic (exact) mass is 513 g/mol. The first-order chi connectivity index (χ1) is 18.0. The zero-order valence-electron chi connectivity index (χ0n) is 20.7. The van der Waals surface area contributed by atoms with E-state index >= 15 is 0 Å². The van der Waals surface area contributed by atoms with Gasteiger partial charge in [0.1, 0.15) is 18.0 Å². The number of piperidine rings is 1. The van der Waals surface area contributed by atoms with Crippen LogP contribution in [0, 0.1) is 11.7 Å². The van der Waals surface area contributed by atoms with Crippen molar-refractivity contribution >= 4 is 23.0 Å². The van der Waals surface area contributed by atoms with Gasteiger partial charge in [-0.3, -0.25) is 0 Å². The van der Waals surface area contributed by atoms with Crippen molar-refractivity contribution in [3.63, 3.8) is 0 Å². The summed E-state index contributed by atoms with van der Waals surface area (Å²) >= 11 is 0. The Hall–Kier alpha value is -3.63. The van der Waals surface area contributed by atoms with Crippen LogP contribution in [0.15, 0.2) is 48.5 Å². The zero-order chi connectivity index (χ0) is 26.2. The van der Waals surface area contributed by atoms with E-state index < -0.39 is 23.9 Å². The third-order valence-corrected chi connectivity index (χ3v) is 6.53. The highest BCUT2D eigenvalue weighted by Crippen LogP contribution is 2.30. The van der Waals surface area contributed by atoms with Gasteiger partial charge in [0.15, 0.2) is 0 Å². The summed E-state index contributed by atoms with van der Waals surface area (Å²) in [5.41, 5.74) is 1.66. The van der Waals surface area contributed by atoms with Crippen LogP contribution >= 0.6 is 0 Å². The molecule has 2 heterocycles. The van der Waals surface area contributed by atoms with Crippen LogP contribution in [0.25, 0.3) is 10.9 Å². The van der Waals surface area contributed by atoms with Gasteiger partial charge in [-0.25, -0.2) is 14.0 Å². The van der Waals surface area contributed by atoms with Crippen molar-refractivity contribution in [3.8, 4) is 5.88 Å². The molecule has 10 heteroatoms. The predicted octanol–water partition coefficient (Wildman–Crippen LogP) is 3.47. The second kappa shape index (κ2) is 12.6. The number of methoxy groups -OCH3 is 1. The van der Waals surface area contributed by atoms with Crippen molar-refractivity contribution in [2.75, 3.05) is 40.0 Å². The van der Waals surface area contributed by atoms with E-state index in [0.29, 0.717) is 17.4 Å². The molecule has 3 aromatic rings. The lowest BCUT2D eigenvalue weighted by Crippen LogP contribution is -2.48. The maximum Gasteiger partial charge on any atom is 0.407 e. The number of rotatable bonds is 10. The predicted molar refractivity (Wildman–Crippen MR) is 135 cm³/mol. The topological polar surface area (TPSA) is 113 Å². The van der Waals surface area contributed by atoms with E-state index in [1.165, 1.54) is 19.2 Å². The molecule has 1 aliphatic heterocycles. The Labute approximate surface area is 214 Å². The van der Waals surface area contributed by atoms with Crippen molar-refractivity contribution in [1.82, 2.24) is 15.2 Å². The smallest absolute Gasteiger partial charge is 0.407 e. The summed E-state index contributed by atoms with van der Waals surface area (Å²) in [7, 11) is 1.44. The first-order valence-electron chi connectivity index (χ1n) is 12.3. The van der Waals surface area contributed by atoms with E-state index in [9.17, 15) is 19.1 Å². The number of alkyl carbamates (subject to hydrolysis) is 1. The number of H-pyrrole nitrogens is 1. The summed E-state index contributed by atoms with van der Waals surface area (Å²) < 4.78 is 29.8. The summed E-state index contributed by atoms with van der Waals surface area (Å²) in [6.45, 7) is 2.16. The molecule has 3 N–H and O–H groups in total. The van der Waals surface area contributed by atoms with Crippen LogP contribution in [0.3, 0.4) is 0 Å². The van der Waals surface area contributed by atoms with Gasteiger partial charge < -0.3 is 34.5 Å². The summed E-state index contributed by atoms with van der Waals surface area (Å²) in [4.78, 5) is 30.1. The maximum atomic E-state index is 13.7. The van der Waals surface area contributed by atoms with Crippen molar-refractivity contribution in [1.29, 1.82) is 0 Å². The zero-order valence-corrected chi connectivity index (χ0v) is 20.7. The molecular weight excluding hydrogens is 481 g/mol. The highest BCUT2D eigenvalue weighted by Gasteiger charge is 2.26. The molecule has 0 spiro atoms. The Morgan fingerprint density at radius 1 is 1.16 bits per heavy atom. The second-order valence-corrected chi connectivity index (χ2v) is 9.15. The van der Waals surface area contributed by atoms with Crippen LogP contribution in [0.1, 0.15) is 28.8 Å². The van der Waals surface area contributed by atoms with Crippen LogP contribution in [0.4, 0.5) is 9.18 Å². The number of likely N-dealkylation sites (tertiary alicyclic amines) is 1. The lowest BCUT2D eigenvalue weighted by molar-refractivity contribution is 0.0361. The molecule has 1 saturated heterocycles. The van der Waals surface area contributed by atoms with Gasteiger partial charge in [0.25, 0.3) is 0 Å². The SMILES string of the molecule is COc1[nH]c2ccc(F)cc2c1C(=O)OCC1CCN(C[C@@H](CO)NC(=O)OCc2ccccc2)CC1. The first kappa shape index (κ1) is 26.4. The quantitative estimate of drug-likeness (QED) is 0.356. The summed E-state index contributed by atoms with van der Waals surface area (Å²) in [5, 5.41) is 12.9. The fourth-order valence-corrected chi connectivity index (χ4v) is 4.49. The molecule has 1 aromatic heterocycles. The van der Waals surface area contributed by atoms with Crippen LogP contribution in [-0.4, -0.2) is 73.1 Å². The molecule has 0 radical (unpaired) electrons. The van der Waals surface area contributed by atoms with Gasteiger partial charge in [0.2, 0.25) is 5.88 Å². The Balaban J connectivity index is 1.21. The lowest BCUT2D eigenvalue weighted by Gasteiger charge is -2.33. The average Bonchev–Trinajstić information content (AvgIpc) is 3.29. The number of carbonyl (C=O) groups is 2. The number of aliphatic hydroxyl groups is 1. The molecule has 1 aliphatic rings. The number of ether oxygens (including phenoxy) is 3. The molecule has 0 unspecified atom stereocenters. The number of nitrogens with one attached hydrogen (secondary N) is 2. The van der Waals surface area contributed by atoms with Crippen molar-refractivity contribution in [2.45, 2.75) is 25.5 Å². The van der Waals surface area contributed by atoms with E-state index in [0.717, 1.165) is 31.5 Å². The normalized spacial score (nSPS) is 15.3. The number of aromatic nitrogens is 1. The highest BCUT2D eigenvalue weighted by atomic mass is 19.1. The number of halogens is 1. The van der Waals surface area contributed by atoms with E-state index in [-0.39, 0.29) is 37.2 Å². The van der Waals surface area contributed by atoms with Gasteiger partial charge in [-0.15, -0.1) is 0 Å². The molecule has 1 fully saturated rings. The average molecular weight is 514 g/mol. The summed E-state index contributed by atoms with van der Waals surface area (Å²) in [6, 6.07) is 13.1. The number of hydrogen-bond acceptors (Lipinski definition) is 7. The summed E-state index contributed by atoms with van der Waals surface area (Å²) in [5.74, 6) is -0.597. The molecule has 37 heavy (non-hydrogen) atoms. The van der Waals surface area contributed by atoms with Gasteiger partial charge in [-0.1, -0.05) is 30.3 Å². The van der Waals surface area contributed by atoms with Gasteiger partial charge in [0, 0.05) is 17.4 Å². The van der Waals surface area contributed by atoms with Gasteiger partial charge >= 0.3 is 12.1 Å². The minimum absolute atomic E-state index is 0.161. The molecule has 0 saturated carbocycles. The molecule has 1 amide bonds. The minimum Gasteiger partial charge on any atom is -0.482 e. The van der Waals surface area contributed by atoms with Crippen LogP contribution < -0.4 is 10.1 Å². The minimum atomic E-state index is -0.572. The van der Waals surface area contributed by atoms with E-state index in [1.807, 2.05) is 30.3 Å². The molecule has 198 valence electrons. The Bertz CT molecular complexity index is 1190. The third-order valence-electron chi connectivity index (χ3n) is 6.53. The number of nitrogens with zero attached hydrogens (tertiary/aromatic N) is 1. The van der Waals surface area contributed by atoms with Crippen molar-refractivity contribution < 1.29 is 33.3 Å². The molecule has 2 aromatic carbocycles. The lowest BCUT2D eigenvalue weighted by atomic mass is 9.97. The fourth-order valence-electron chi connectivity index (χ4n) is 4.49. The van der Waals surface area contributed by atoms with Crippen molar-refractivity contribution in [2.24, 2.45) is 5.92 Å². The number of hydrogen-bond donors (Lipinski definition) is 3. The highest BCUT2D eigenvalue weighted by molar-refractivity contribution is 6.06. The standard InChI is InChI=1S/C27H32FN3O6/c1-35-25-24(22-13-20(28)7-8-23(22)30-25)26(33)36-16-19-9-11-31(12-10-19)14-21(15-32)29-27(34)37-17-18-5-3-2-4-6-18/h2-8,13,19,21,30,32H,9-12,14-17H2,1H3,(H,29,34)/t21-/m0/s1. The number of benzene rings is 2. The third kappa shape index (κ3) is 6.99. The Kier molecular flexibility index (Phi) is 8.97. The second-order valence-electron chi connectivity index (χ2n) is 9.15. The number of amides is 1. The molecule has 0 bridgehead atoms. The number of aromatic amines is 1. The Morgan fingerprint density at radius 3 is 2.62 bits per heavy atom. The van der Waals surface area contributed by atoms with E-state index in [2.05, 4.69) is 15.2 Å². The molecular formula is C27H32FN3O6. The number of carbonyl (C=O) groups excluding carboxylic acids is 2. The largest absolute Gasteiger partial charge is 0.482 e. The number of aliphatic hydroxyl groups excluding tert-OH is 1. The molecule has 0 aliphatic carbocycles. The van der Waals surface area contributed by atoms with Crippen molar-refractivity contribution in [3.05, 3.63) is 65.5 Å². The molecule has 1 atom stereocenters. The maximum absolute atomic E-state index is 13.7.